The average molecular weight is 287 g/mol. The molecule has 7 heteroatoms. The number of carboxylic acid groups (broad SMARTS) is 1. The first-order valence-electron chi connectivity index (χ1n) is 6.55. The average Bonchev–Trinajstić information content (AvgIpc) is 3.03. The van der Waals surface area contributed by atoms with Crippen LogP contribution in [0.15, 0.2) is 35.9 Å². The number of Topliss-reactive ketones (excluding diaryl/α,β-unsaturated/α-hetero) is 1. The molecular weight excluding hydrogens is 274 g/mol. The Hall–Kier alpha value is -2.70. The number of hydrogen-bond acceptors (Lipinski definition) is 5. The number of carbonyl (C=O) groups is 3. The van der Waals surface area contributed by atoms with E-state index < -0.39 is 11.9 Å². The van der Waals surface area contributed by atoms with Crippen LogP contribution in [0.5, 0.6) is 0 Å². The molecule has 1 fully saturated rings. The van der Waals surface area contributed by atoms with Gasteiger partial charge in [0.25, 0.3) is 0 Å². The van der Waals surface area contributed by atoms with Crippen LogP contribution in [0, 0.1) is 5.92 Å². The van der Waals surface area contributed by atoms with Crippen molar-refractivity contribution in [3.8, 4) is 0 Å². The molecule has 0 unspecified atom stereocenters. The third-order valence-electron chi connectivity index (χ3n) is 3.63. The molecule has 0 aromatic carbocycles. The normalized spacial score (nSPS) is 20.5. The highest BCUT2D eigenvalue weighted by molar-refractivity contribution is 6.14. The van der Waals surface area contributed by atoms with Crippen LogP contribution in [0.3, 0.4) is 0 Å². The van der Waals surface area contributed by atoms with Crippen LogP contribution in [0.25, 0.3) is 0 Å². The highest BCUT2D eigenvalue weighted by Gasteiger charge is 2.45. The summed E-state index contributed by atoms with van der Waals surface area (Å²) in [5.74, 6) is -2.23. The minimum atomic E-state index is -1.10. The van der Waals surface area contributed by atoms with Crippen molar-refractivity contribution in [2.45, 2.75) is 6.42 Å². The Morgan fingerprint density at radius 1 is 1.38 bits per heavy atom. The number of fused-ring (bicyclic) bond motifs is 1. The number of aliphatic carboxylic acids is 1. The Labute approximate surface area is 120 Å². The second-order valence-corrected chi connectivity index (χ2v) is 4.89. The first-order chi connectivity index (χ1) is 10.1. The second-order valence-electron chi connectivity index (χ2n) is 4.89. The van der Waals surface area contributed by atoms with Gasteiger partial charge in [-0.2, -0.15) is 0 Å². The number of nitrogens with one attached hydrogen (secondary N) is 1. The fourth-order valence-electron chi connectivity index (χ4n) is 2.72. The molecule has 0 radical (unpaired) electrons. The summed E-state index contributed by atoms with van der Waals surface area (Å²) in [4.78, 5) is 41.2. The molecule has 3 heterocycles. The molecule has 0 aliphatic carbocycles. The third-order valence-corrected chi connectivity index (χ3v) is 3.63. The van der Waals surface area contributed by atoms with Gasteiger partial charge in [-0.1, -0.05) is 0 Å². The summed E-state index contributed by atoms with van der Waals surface area (Å²) in [6.45, 7) is 1.02. The lowest BCUT2D eigenvalue weighted by Gasteiger charge is -2.11. The maximum Gasteiger partial charge on any atom is 0.304 e. The van der Waals surface area contributed by atoms with Crippen LogP contribution in [0.4, 0.5) is 0 Å². The summed E-state index contributed by atoms with van der Waals surface area (Å²) in [6.07, 6.45) is 2.59. The zero-order valence-corrected chi connectivity index (χ0v) is 11.1. The quantitative estimate of drug-likeness (QED) is 0.757. The van der Waals surface area contributed by atoms with E-state index in [1.807, 2.05) is 0 Å². The topological polar surface area (TPSA) is 99.6 Å². The van der Waals surface area contributed by atoms with E-state index in [0.29, 0.717) is 24.5 Å². The Bertz CT molecular complexity index is 653. The van der Waals surface area contributed by atoms with Gasteiger partial charge >= 0.3 is 5.97 Å². The van der Waals surface area contributed by atoms with E-state index in [-0.39, 0.29) is 23.7 Å². The molecule has 1 aromatic heterocycles. The number of hydrogen-bond donors (Lipinski definition) is 2. The molecule has 1 atom stereocenters. The zero-order chi connectivity index (χ0) is 15.0. The van der Waals surface area contributed by atoms with Gasteiger partial charge < -0.3 is 10.4 Å². The Balaban J connectivity index is 2.03. The lowest BCUT2D eigenvalue weighted by Crippen LogP contribution is -2.29. The number of carbonyl (C=O) groups excluding carboxylic acids is 2. The van der Waals surface area contributed by atoms with Crippen molar-refractivity contribution in [3.63, 3.8) is 0 Å². The van der Waals surface area contributed by atoms with E-state index in [1.165, 1.54) is 17.3 Å². The largest absolute Gasteiger partial charge is 0.481 e. The standard InChI is InChI=1S/C14H13N3O4/c18-10(19)7-9-11(12(20)8-1-3-15-4-2-8)13-16-5-6-17(13)14(9)21/h1-4,9,16H,5-7H2,(H,18,19)/t9-/m0/s1. The highest BCUT2D eigenvalue weighted by Crippen LogP contribution is 2.34. The molecule has 1 saturated heterocycles. The number of pyridine rings is 1. The predicted molar refractivity (Wildman–Crippen MR) is 71.1 cm³/mol. The molecule has 3 rings (SSSR count). The van der Waals surface area contributed by atoms with E-state index in [2.05, 4.69) is 10.3 Å². The Kier molecular flexibility index (Phi) is 3.17. The molecule has 1 aromatic rings. The van der Waals surface area contributed by atoms with Crippen molar-refractivity contribution >= 4 is 17.7 Å². The van der Waals surface area contributed by atoms with Crippen molar-refractivity contribution in [2.75, 3.05) is 13.1 Å². The molecule has 0 bridgehead atoms. The van der Waals surface area contributed by atoms with Crippen LogP contribution < -0.4 is 5.32 Å². The zero-order valence-electron chi connectivity index (χ0n) is 11.1. The molecule has 2 aliphatic rings. The molecule has 0 spiro atoms. The smallest absolute Gasteiger partial charge is 0.304 e. The van der Waals surface area contributed by atoms with E-state index >= 15 is 0 Å². The van der Waals surface area contributed by atoms with Crippen LogP contribution >= 0.6 is 0 Å². The summed E-state index contributed by atoms with van der Waals surface area (Å²) in [5, 5.41) is 12.0. The first-order valence-corrected chi connectivity index (χ1v) is 6.55. The molecular formula is C14H13N3O4. The van der Waals surface area contributed by atoms with Crippen molar-refractivity contribution in [3.05, 3.63) is 41.5 Å². The van der Waals surface area contributed by atoms with Crippen molar-refractivity contribution < 1.29 is 19.5 Å². The Morgan fingerprint density at radius 3 is 2.76 bits per heavy atom. The summed E-state index contributed by atoms with van der Waals surface area (Å²) < 4.78 is 0. The molecule has 21 heavy (non-hydrogen) atoms. The molecule has 0 saturated carbocycles. The van der Waals surface area contributed by atoms with Gasteiger partial charge in [0.05, 0.1) is 17.9 Å². The molecule has 2 N–H and O–H groups in total. The van der Waals surface area contributed by atoms with Crippen LogP contribution in [0.2, 0.25) is 0 Å². The van der Waals surface area contributed by atoms with Crippen molar-refractivity contribution in [1.29, 1.82) is 0 Å². The van der Waals surface area contributed by atoms with E-state index in [0.717, 1.165) is 0 Å². The van der Waals surface area contributed by atoms with E-state index in [4.69, 9.17) is 5.11 Å². The summed E-state index contributed by atoms with van der Waals surface area (Å²) in [6, 6.07) is 3.10. The van der Waals surface area contributed by atoms with Gasteiger partial charge in [-0.25, -0.2) is 0 Å². The predicted octanol–water partition coefficient (Wildman–Crippen LogP) is 0.0122. The lowest BCUT2D eigenvalue weighted by atomic mass is 9.91. The van der Waals surface area contributed by atoms with E-state index in [9.17, 15) is 14.4 Å². The highest BCUT2D eigenvalue weighted by atomic mass is 16.4. The second kappa shape index (κ2) is 5.01. The molecule has 1 amide bonds. The number of amides is 1. The molecule has 108 valence electrons. The van der Waals surface area contributed by atoms with Crippen LogP contribution in [-0.4, -0.2) is 45.7 Å². The van der Waals surface area contributed by atoms with Gasteiger partial charge in [0, 0.05) is 31.0 Å². The number of carboxylic acids is 1. The summed E-state index contributed by atoms with van der Waals surface area (Å²) >= 11 is 0. The van der Waals surface area contributed by atoms with Gasteiger partial charge in [-0.15, -0.1) is 0 Å². The summed E-state index contributed by atoms with van der Waals surface area (Å²) in [5.41, 5.74) is 0.636. The monoisotopic (exact) mass is 287 g/mol. The van der Waals surface area contributed by atoms with Crippen molar-refractivity contribution in [2.24, 2.45) is 5.92 Å². The van der Waals surface area contributed by atoms with Crippen LogP contribution in [0.1, 0.15) is 16.8 Å². The van der Waals surface area contributed by atoms with Gasteiger partial charge in [0.1, 0.15) is 5.82 Å². The number of aromatic nitrogens is 1. The number of nitrogens with zero attached hydrogens (tertiary/aromatic N) is 2. The molecule has 2 aliphatic heterocycles. The lowest BCUT2D eigenvalue weighted by molar-refractivity contribution is -0.141. The van der Waals surface area contributed by atoms with Gasteiger partial charge in [-0.05, 0) is 12.1 Å². The van der Waals surface area contributed by atoms with Gasteiger partial charge in [-0.3, -0.25) is 24.3 Å². The fraction of sp³-hybridized carbons (Fsp3) is 0.286. The fourth-order valence-corrected chi connectivity index (χ4v) is 2.72. The maximum atomic E-state index is 12.6. The van der Waals surface area contributed by atoms with Crippen molar-refractivity contribution in [1.82, 2.24) is 15.2 Å². The maximum absolute atomic E-state index is 12.6. The molecule has 7 nitrogen and oxygen atoms in total. The van der Waals surface area contributed by atoms with Crippen LogP contribution in [-0.2, 0) is 9.59 Å². The summed E-state index contributed by atoms with van der Waals surface area (Å²) in [7, 11) is 0. The first kappa shape index (κ1) is 13.3. The SMILES string of the molecule is O=C(O)C[C@@H]1C(=O)N2CCNC2=C1C(=O)c1ccncc1. The third kappa shape index (κ3) is 2.16. The number of rotatable bonds is 4. The van der Waals surface area contributed by atoms with Gasteiger partial charge in [0.2, 0.25) is 5.91 Å². The van der Waals surface area contributed by atoms with Gasteiger partial charge in [0.15, 0.2) is 5.78 Å². The number of ketones is 1. The van der Waals surface area contributed by atoms with E-state index in [1.54, 1.807) is 12.1 Å². The minimum absolute atomic E-state index is 0.242. The minimum Gasteiger partial charge on any atom is -0.481 e. The Morgan fingerprint density at radius 2 is 2.10 bits per heavy atom.